The average Bonchev–Trinajstić information content (AvgIpc) is 2.28. The van der Waals surface area contributed by atoms with E-state index in [4.69, 9.17) is 4.74 Å². The summed E-state index contributed by atoms with van der Waals surface area (Å²) in [5.41, 5.74) is 0.445. The molecule has 0 saturated heterocycles. The van der Waals surface area contributed by atoms with E-state index < -0.39 is 0 Å². The molecular weight excluding hydrogens is 221 g/mol. The van der Waals surface area contributed by atoms with Crippen LogP contribution in [0.15, 0.2) is 18.2 Å². The Morgan fingerprint density at radius 2 is 2.06 bits per heavy atom. The molecule has 0 atom stereocenters. The highest BCUT2D eigenvalue weighted by Crippen LogP contribution is 2.30. The maximum atomic E-state index is 13.2. The molecule has 0 aliphatic rings. The number of halogens is 1. The van der Waals surface area contributed by atoms with Crippen LogP contribution in [0, 0.1) is 11.2 Å². The largest absolute Gasteiger partial charge is 0.495 e. The molecule has 0 spiro atoms. The number of methoxy groups -OCH3 is 1. The van der Waals surface area contributed by atoms with E-state index in [1.54, 1.807) is 13.2 Å². The SMILES string of the molecule is COc1ccc(F)cc1N(C)CC(C)(C)CO. The molecule has 1 rings (SSSR count). The summed E-state index contributed by atoms with van der Waals surface area (Å²) in [7, 11) is 3.41. The average molecular weight is 241 g/mol. The standard InChI is InChI=1S/C13H20FNO2/c1-13(2,9-16)8-15(3)11-7-10(14)5-6-12(11)17-4/h5-7,16H,8-9H2,1-4H3. The van der Waals surface area contributed by atoms with Crippen LogP contribution in [0.5, 0.6) is 5.75 Å². The van der Waals surface area contributed by atoms with E-state index in [2.05, 4.69) is 0 Å². The van der Waals surface area contributed by atoms with Gasteiger partial charge in [-0.2, -0.15) is 0 Å². The maximum Gasteiger partial charge on any atom is 0.142 e. The summed E-state index contributed by atoms with van der Waals surface area (Å²) in [6.07, 6.45) is 0. The molecular formula is C13H20FNO2. The lowest BCUT2D eigenvalue weighted by Gasteiger charge is -2.30. The highest BCUT2D eigenvalue weighted by atomic mass is 19.1. The van der Waals surface area contributed by atoms with Crippen molar-refractivity contribution in [3.8, 4) is 5.75 Å². The van der Waals surface area contributed by atoms with Gasteiger partial charge >= 0.3 is 0 Å². The monoisotopic (exact) mass is 241 g/mol. The van der Waals surface area contributed by atoms with Crippen LogP contribution in [-0.2, 0) is 0 Å². The van der Waals surface area contributed by atoms with E-state index in [0.717, 1.165) is 0 Å². The van der Waals surface area contributed by atoms with Gasteiger partial charge in [0.1, 0.15) is 11.6 Å². The van der Waals surface area contributed by atoms with E-state index in [1.807, 2.05) is 25.8 Å². The fraction of sp³-hybridized carbons (Fsp3) is 0.538. The van der Waals surface area contributed by atoms with Crippen molar-refractivity contribution in [1.29, 1.82) is 0 Å². The van der Waals surface area contributed by atoms with Crippen molar-refractivity contribution in [2.45, 2.75) is 13.8 Å². The Morgan fingerprint density at radius 3 is 2.59 bits per heavy atom. The molecule has 0 saturated carbocycles. The zero-order valence-electron chi connectivity index (χ0n) is 10.8. The lowest BCUT2D eigenvalue weighted by Crippen LogP contribution is -2.34. The first-order valence-corrected chi connectivity index (χ1v) is 5.55. The zero-order valence-corrected chi connectivity index (χ0v) is 10.8. The molecule has 0 amide bonds. The van der Waals surface area contributed by atoms with Crippen molar-refractivity contribution in [2.75, 3.05) is 32.2 Å². The predicted molar refractivity (Wildman–Crippen MR) is 67.1 cm³/mol. The van der Waals surface area contributed by atoms with Crippen LogP contribution in [-0.4, -0.2) is 32.4 Å². The Balaban J connectivity index is 2.95. The summed E-state index contributed by atoms with van der Waals surface area (Å²) >= 11 is 0. The highest BCUT2D eigenvalue weighted by Gasteiger charge is 2.21. The topological polar surface area (TPSA) is 32.7 Å². The Labute approximate surface area is 102 Å². The van der Waals surface area contributed by atoms with Gasteiger partial charge in [-0.05, 0) is 12.1 Å². The van der Waals surface area contributed by atoms with E-state index in [-0.39, 0.29) is 17.8 Å². The van der Waals surface area contributed by atoms with E-state index in [1.165, 1.54) is 12.1 Å². The predicted octanol–water partition coefficient (Wildman–Crippen LogP) is 2.29. The first-order chi connectivity index (χ1) is 7.89. The molecule has 3 nitrogen and oxygen atoms in total. The van der Waals surface area contributed by atoms with E-state index in [9.17, 15) is 9.50 Å². The smallest absolute Gasteiger partial charge is 0.142 e. The third-order valence-electron chi connectivity index (χ3n) is 2.65. The zero-order chi connectivity index (χ0) is 13.1. The number of benzene rings is 1. The van der Waals surface area contributed by atoms with Crippen LogP contribution in [0.25, 0.3) is 0 Å². The Kier molecular flexibility index (Phi) is 4.34. The van der Waals surface area contributed by atoms with Crippen LogP contribution in [0.1, 0.15) is 13.8 Å². The van der Waals surface area contributed by atoms with Crippen LogP contribution in [0.4, 0.5) is 10.1 Å². The summed E-state index contributed by atoms with van der Waals surface area (Å²) in [5, 5.41) is 9.24. The van der Waals surface area contributed by atoms with Crippen LogP contribution < -0.4 is 9.64 Å². The Bertz CT molecular complexity index is 380. The number of rotatable bonds is 5. The van der Waals surface area contributed by atoms with Gasteiger partial charge in [0, 0.05) is 31.7 Å². The van der Waals surface area contributed by atoms with Gasteiger partial charge in [-0.1, -0.05) is 13.8 Å². The maximum absolute atomic E-state index is 13.2. The number of ether oxygens (including phenoxy) is 1. The first kappa shape index (κ1) is 13.8. The summed E-state index contributed by atoms with van der Waals surface area (Å²) in [5.74, 6) is 0.331. The number of nitrogens with zero attached hydrogens (tertiary/aromatic N) is 1. The van der Waals surface area contributed by atoms with E-state index >= 15 is 0 Å². The third kappa shape index (κ3) is 3.60. The lowest BCUT2D eigenvalue weighted by atomic mass is 9.94. The minimum Gasteiger partial charge on any atom is -0.495 e. The third-order valence-corrected chi connectivity index (χ3v) is 2.65. The van der Waals surface area contributed by atoms with Gasteiger partial charge in [0.15, 0.2) is 0 Å². The molecule has 0 fully saturated rings. The molecule has 1 aromatic rings. The van der Waals surface area contributed by atoms with Gasteiger partial charge in [0.25, 0.3) is 0 Å². The second kappa shape index (κ2) is 5.36. The second-order valence-electron chi connectivity index (χ2n) is 4.99. The van der Waals surface area contributed by atoms with Crippen molar-refractivity contribution in [2.24, 2.45) is 5.41 Å². The van der Waals surface area contributed by atoms with Crippen molar-refractivity contribution < 1.29 is 14.2 Å². The molecule has 1 N–H and O–H groups in total. The molecule has 0 radical (unpaired) electrons. The summed E-state index contributed by atoms with van der Waals surface area (Å²) in [4.78, 5) is 1.89. The minimum absolute atomic E-state index is 0.0783. The Hall–Kier alpha value is -1.29. The van der Waals surface area contributed by atoms with Crippen molar-refractivity contribution in [3.05, 3.63) is 24.0 Å². The van der Waals surface area contributed by atoms with Crippen LogP contribution in [0.2, 0.25) is 0 Å². The molecule has 0 heterocycles. The lowest BCUT2D eigenvalue weighted by molar-refractivity contribution is 0.165. The molecule has 1 aromatic carbocycles. The molecule has 0 aliphatic carbocycles. The summed E-state index contributed by atoms with van der Waals surface area (Å²) in [6.45, 7) is 4.60. The number of hydrogen-bond donors (Lipinski definition) is 1. The van der Waals surface area contributed by atoms with Crippen molar-refractivity contribution in [1.82, 2.24) is 0 Å². The van der Waals surface area contributed by atoms with Gasteiger partial charge in [-0.3, -0.25) is 0 Å². The second-order valence-corrected chi connectivity index (χ2v) is 4.99. The number of aliphatic hydroxyl groups excluding tert-OH is 1. The summed E-state index contributed by atoms with van der Waals surface area (Å²) < 4.78 is 18.4. The number of hydrogen-bond acceptors (Lipinski definition) is 3. The normalized spacial score (nSPS) is 11.4. The summed E-state index contributed by atoms with van der Waals surface area (Å²) in [6, 6.07) is 4.41. The molecule has 0 bridgehead atoms. The van der Waals surface area contributed by atoms with Gasteiger partial charge in [0.05, 0.1) is 12.8 Å². The van der Waals surface area contributed by atoms with Gasteiger partial charge < -0.3 is 14.7 Å². The molecule has 0 unspecified atom stereocenters. The van der Waals surface area contributed by atoms with Crippen molar-refractivity contribution >= 4 is 5.69 Å². The fourth-order valence-corrected chi connectivity index (χ4v) is 1.74. The molecule has 0 aromatic heterocycles. The van der Waals surface area contributed by atoms with E-state index in [0.29, 0.717) is 18.0 Å². The Morgan fingerprint density at radius 1 is 1.41 bits per heavy atom. The first-order valence-electron chi connectivity index (χ1n) is 5.55. The van der Waals surface area contributed by atoms with Gasteiger partial charge in [-0.25, -0.2) is 4.39 Å². The molecule has 4 heteroatoms. The highest BCUT2D eigenvalue weighted by molar-refractivity contribution is 5.58. The minimum atomic E-state index is -0.297. The van der Waals surface area contributed by atoms with Gasteiger partial charge in [0.2, 0.25) is 0 Å². The number of aliphatic hydroxyl groups is 1. The van der Waals surface area contributed by atoms with Crippen LogP contribution >= 0.6 is 0 Å². The molecule has 17 heavy (non-hydrogen) atoms. The van der Waals surface area contributed by atoms with Gasteiger partial charge in [-0.15, -0.1) is 0 Å². The number of anilines is 1. The quantitative estimate of drug-likeness (QED) is 0.858. The van der Waals surface area contributed by atoms with Crippen molar-refractivity contribution in [3.63, 3.8) is 0 Å². The fourth-order valence-electron chi connectivity index (χ4n) is 1.74. The molecule has 0 aliphatic heterocycles. The van der Waals surface area contributed by atoms with Crippen LogP contribution in [0.3, 0.4) is 0 Å². The molecule has 96 valence electrons.